The van der Waals surface area contributed by atoms with Crippen molar-refractivity contribution < 1.29 is 9.84 Å². The van der Waals surface area contributed by atoms with Crippen LogP contribution in [0.15, 0.2) is 59.1 Å². The van der Waals surface area contributed by atoms with E-state index >= 15 is 0 Å². The lowest BCUT2D eigenvalue weighted by atomic mass is 10.2. The van der Waals surface area contributed by atoms with Gasteiger partial charge in [0.05, 0.1) is 19.3 Å². The second kappa shape index (κ2) is 8.04. The Morgan fingerprint density at radius 3 is 2.45 bits per heavy atom. The molecule has 0 aromatic heterocycles. The molecule has 20 heavy (non-hydrogen) atoms. The first-order valence-corrected chi connectivity index (χ1v) is 7.32. The number of halogens is 1. The fraction of sp³-hybridized carbons (Fsp3) is 0.250. The van der Waals surface area contributed by atoms with Crippen molar-refractivity contribution in [3.63, 3.8) is 0 Å². The average Bonchev–Trinajstić information content (AvgIpc) is 2.48. The monoisotopic (exact) mass is 335 g/mol. The quantitative estimate of drug-likeness (QED) is 0.814. The van der Waals surface area contributed by atoms with Gasteiger partial charge in [-0.05, 0) is 29.8 Å². The van der Waals surface area contributed by atoms with Crippen LogP contribution in [0.2, 0.25) is 0 Å². The maximum atomic E-state index is 9.85. The van der Waals surface area contributed by atoms with Crippen LogP contribution in [0.25, 0.3) is 0 Å². The molecule has 0 aliphatic carbocycles. The van der Waals surface area contributed by atoms with E-state index in [1.54, 1.807) is 0 Å². The van der Waals surface area contributed by atoms with Gasteiger partial charge in [0.25, 0.3) is 0 Å². The Kier molecular flexibility index (Phi) is 6.05. The molecule has 0 fully saturated rings. The molecule has 1 unspecified atom stereocenters. The lowest BCUT2D eigenvalue weighted by molar-refractivity contribution is 0.0348. The van der Waals surface area contributed by atoms with Crippen LogP contribution in [-0.2, 0) is 11.3 Å². The summed E-state index contributed by atoms with van der Waals surface area (Å²) >= 11 is 3.38. The van der Waals surface area contributed by atoms with E-state index in [-0.39, 0.29) is 0 Å². The van der Waals surface area contributed by atoms with Crippen LogP contribution >= 0.6 is 15.9 Å². The Balaban J connectivity index is 1.65. The summed E-state index contributed by atoms with van der Waals surface area (Å²) in [6, 6.07) is 17.8. The zero-order chi connectivity index (χ0) is 14.2. The van der Waals surface area contributed by atoms with Gasteiger partial charge in [-0.3, -0.25) is 0 Å². The largest absolute Gasteiger partial charge is 0.389 e. The topological polar surface area (TPSA) is 41.5 Å². The first-order chi connectivity index (χ1) is 9.74. The molecular weight excluding hydrogens is 318 g/mol. The van der Waals surface area contributed by atoms with Gasteiger partial charge in [0, 0.05) is 16.7 Å². The maximum absolute atomic E-state index is 9.85. The summed E-state index contributed by atoms with van der Waals surface area (Å²) in [5.41, 5.74) is 2.09. The number of hydrogen-bond donors (Lipinski definition) is 2. The van der Waals surface area contributed by atoms with Gasteiger partial charge in [-0.2, -0.15) is 0 Å². The van der Waals surface area contributed by atoms with Crippen LogP contribution in [0.3, 0.4) is 0 Å². The molecule has 3 nitrogen and oxygen atoms in total. The minimum atomic E-state index is -0.526. The smallest absolute Gasteiger partial charge is 0.0945 e. The van der Waals surface area contributed by atoms with Crippen molar-refractivity contribution >= 4 is 21.6 Å². The van der Waals surface area contributed by atoms with Gasteiger partial charge in [-0.15, -0.1) is 0 Å². The Labute approximate surface area is 127 Å². The van der Waals surface area contributed by atoms with Crippen LogP contribution in [0.5, 0.6) is 0 Å². The predicted octanol–water partition coefficient (Wildman–Crippen LogP) is 3.44. The van der Waals surface area contributed by atoms with E-state index in [1.807, 2.05) is 54.6 Å². The highest BCUT2D eigenvalue weighted by Gasteiger charge is 2.04. The van der Waals surface area contributed by atoms with E-state index in [2.05, 4.69) is 21.2 Å². The fourth-order valence-electron chi connectivity index (χ4n) is 1.75. The molecule has 0 aliphatic rings. The molecule has 2 aromatic rings. The average molecular weight is 336 g/mol. The number of aliphatic hydroxyl groups excluding tert-OH is 1. The molecule has 0 bridgehead atoms. The Hall–Kier alpha value is -1.36. The molecule has 0 saturated carbocycles. The Bertz CT molecular complexity index is 502. The molecule has 0 spiro atoms. The van der Waals surface area contributed by atoms with Crippen LogP contribution in [0.4, 0.5) is 5.69 Å². The van der Waals surface area contributed by atoms with E-state index in [0.29, 0.717) is 19.8 Å². The zero-order valence-corrected chi connectivity index (χ0v) is 12.7. The zero-order valence-electron chi connectivity index (χ0n) is 11.1. The van der Waals surface area contributed by atoms with Gasteiger partial charge >= 0.3 is 0 Å². The number of rotatable bonds is 7. The van der Waals surface area contributed by atoms with Gasteiger partial charge in [-0.1, -0.05) is 46.3 Å². The molecular formula is C16H18BrNO2. The minimum Gasteiger partial charge on any atom is -0.389 e. The second-order valence-electron chi connectivity index (χ2n) is 4.54. The van der Waals surface area contributed by atoms with E-state index in [1.165, 1.54) is 0 Å². The second-order valence-corrected chi connectivity index (χ2v) is 5.46. The normalized spacial score (nSPS) is 12.1. The van der Waals surface area contributed by atoms with E-state index in [9.17, 15) is 5.11 Å². The lowest BCUT2D eigenvalue weighted by Crippen LogP contribution is -2.24. The SMILES string of the molecule is OC(CNc1ccc(Br)cc1)COCc1ccccc1. The highest BCUT2D eigenvalue weighted by Crippen LogP contribution is 2.14. The van der Waals surface area contributed by atoms with Crippen molar-refractivity contribution in [2.75, 3.05) is 18.5 Å². The van der Waals surface area contributed by atoms with Crippen molar-refractivity contribution in [2.24, 2.45) is 0 Å². The Morgan fingerprint density at radius 2 is 1.75 bits per heavy atom. The van der Waals surface area contributed by atoms with Crippen LogP contribution in [0, 0.1) is 0 Å². The molecule has 1 atom stereocenters. The molecule has 0 saturated heterocycles. The third-order valence-corrected chi connectivity index (χ3v) is 3.34. The minimum absolute atomic E-state index is 0.318. The summed E-state index contributed by atoms with van der Waals surface area (Å²) in [6.45, 7) is 1.31. The van der Waals surface area contributed by atoms with E-state index in [4.69, 9.17) is 4.74 Å². The van der Waals surface area contributed by atoms with Crippen molar-refractivity contribution in [1.82, 2.24) is 0 Å². The number of aliphatic hydroxyl groups is 1. The molecule has 0 heterocycles. The molecule has 4 heteroatoms. The molecule has 2 N–H and O–H groups in total. The van der Waals surface area contributed by atoms with Crippen molar-refractivity contribution in [1.29, 1.82) is 0 Å². The summed E-state index contributed by atoms with van der Waals surface area (Å²) in [6.07, 6.45) is -0.526. The van der Waals surface area contributed by atoms with Crippen LogP contribution in [0.1, 0.15) is 5.56 Å². The summed E-state index contributed by atoms with van der Waals surface area (Å²) in [5.74, 6) is 0. The summed E-state index contributed by atoms with van der Waals surface area (Å²) in [5, 5.41) is 13.0. The van der Waals surface area contributed by atoms with Crippen molar-refractivity contribution in [3.8, 4) is 0 Å². The van der Waals surface area contributed by atoms with E-state index < -0.39 is 6.10 Å². The van der Waals surface area contributed by atoms with Crippen molar-refractivity contribution in [3.05, 3.63) is 64.6 Å². The molecule has 0 amide bonds. The third-order valence-electron chi connectivity index (χ3n) is 2.81. The number of ether oxygens (including phenoxy) is 1. The molecule has 0 aliphatic heterocycles. The Morgan fingerprint density at radius 1 is 1.05 bits per heavy atom. The third kappa shape index (κ3) is 5.33. The van der Waals surface area contributed by atoms with Gasteiger partial charge in [0.15, 0.2) is 0 Å². The highest BCUT2D eigenvalue weighted by atomic mass is 79.9. The number of anilines is 1. The van der Waals surface area contributed by atoms with Gasteiger partial charge in [0.1, 0.15) is 0 Å². The highest BCUT2D eigenvalue weighted by molar-refractivity contribution is 9.10. The number of benzene rings is 2. The predicted molar refractivity (Wildman–Crippen MR) is 84.7 cm³/mol. The summed E-state index contributed by atoms with van der Waals surface area (Å²) < 4.78 is 6.53. The molecule has 2 rings (SSSR count). The van der Waals surface area contributed by atoms with Gasteiger partial charge < -0.3 is 15.2 Å². The maximum Gasteiger partial charge on any atom is 0.0945 e. The molecule has 106 valence electrons. The standard InChI is InChI=1S/C16H18BrNO2/c17-14-6-8-15(9-7-14)18-10-16(19)12-20-11-13-4-2-1-3-5-13/h1-9,16,18-19H,10-12H2. The van der Waals surface area contributed by atoms with Crippen LogP contribution in [-0.4, -0.2) is 24.4 Å². The van der Waals surface area contributed by atoms with Gasteiger partial charge in [0.2, 0.25) is 0 Å². The first kappa shape index (κ1) is 15.0. The van der Waals surface area contributed by atoms with Gasteiger partial charge in [-0.25, -0.2) is 0 Å². The van der Waals surface area contributed by atoms with E-state index in [0.717, 1.165) is 15.7 Å². The summed E-state index contributed by atoms with van der Waals surface area (Å²) in [4.78, 5) is 0. The van der Waals surface area contributed by atoms with Crippen molar-refractivity contribution in [2.45, 2.75) is 12.7 Å². The molecule has 0 radical (unpaired) electrons. The molecule has 2 aromatic carbocycles. The first-order valence-electron chi connectivity index (χ1n) is 6.53. The number of nitrogens with one attached hydrogen (secondary N) is 1. The van der Waals surface area contributed by atoms with Crippen LogP contribution < -0.4 is 5.32 Å². The summed E-state index contributed by atoms with van der Waals surface area (Å²) in [7, 11) is 0. The fourth-order valence-corrected chi connectivity index (χ4v) is 2.01. The number of hydrogen-bond acceptors (Lipinski definition) is 3. The lowest BCUT2D eigenvalue weighted by Gasteiger charge is -2.13.